The van der Waals surface area contributed by atoms with E-state index >= 15 is 0 Å². The van der Waals surface area contributed by atoms with E-state index in [0.29, 0.717) is 12.8 Å². The zero-order valence-corrected chi connectivity index (χ0v) is 36.0. The van der Waals surface area contributed by atoms with Crippen molar-refractivity contribution in [3.05, 3.63) is 12.2 Å². The van der Waals surface area contributed by atoms with E-state index in [1.165, 1.54) is 148 Å². The molecule has 10 heteroatoms. The Morgan fingerprint density at radius 1 is 0.436 bits per heavy atom. The Labute approximate surface area is 337 Å². The van der Waals surface area contributed by atoms with Crippen LogP contribution in [0.15, 0.2) is 12.2 Å². The SMILES string of the molecule is CC(O)CO.CCCCCCCC/C=C\CCCCCCCC(=O)OCC(O)CO.CCCCCCCCCCCCCCCCCC(=O)OCC(O)CO. The molecule has 10 nitrogen and oxygen atoms in total. The first-order valence-corrected chi connectivity index (χ1v) is 22.5. The fraction of sp³-hybridized carbons (Fsp3) is 0.911. The summed E-state index contributed by atoms with van der Waals surface area (Å²) in [4.78, 5) is 22.8. The summed E-state index contributed by atoms with van der Waals surface area (Å²) in [6.07, 6.45) is 38.6. The lowest BCUT2D eigenvalue weighted by atomic mass is 10.0. The van der Waals surface area contributed by atoms with Crippen LogP contribution < -0.4 is 0 Å². The highest BCUT2D eigenvalue weighted by Crippen LogP contribution is 2.14. The van der Waals surface area contributed by atoms with Gasteiger partial charge in [-0.25, -0.2) is 0 Å². The molecule has 0 saturated heterocycles. The van der Waals surface area contributed by atoms with Gasteiger partial charge in [0.1, 0.15) is 25.4 Å². The molecular weight excluding hydrogens is 700 g/mol. The van der Waals surface area contributed by atoms with Crippen LogP contribution in [0.1, 0.15) is 213 Å². The van der Waals surface area contributed by atoms with E-state index in [1.807, 2.05) is 0 Å². The number of esters is 2. The molecule has 3 atom stereocenters. The molecule has 0 amide bonds. The second kappa shape index (κ2) is 50.5. The van der Waals surface area contributed by atoms with Crippen LogP contribution in [0.4, 0.5) is 0 Å². The number of unbranched alkanes of at least 4 members (excludes halogenated alkanes) is 25. The molecule has 0 bridgehead atoms. The predicted molar refractivity (Wildman–Crippen MR) is 226 cm³/mol. The average molecular weight is 791 g/mol. The van der Waals surface area contributed by atoms with Gasteiger partial charge in [0.15, 0.2) is 0 Å². The third-order valence-corrected chi connectivity index (χ3v) is 9.19. The van der Waals surface area contributed by atoms with E-state index in [1.54, 1.807) is 0 Å². The minimum absolute atomic E-state index is 0.103. The first-order chi connectivity index (χ1) is 26.7. The van der Waals surface area contributed by atoms with Crippen molar-refractivity contribution in [2.75, 3.05) is 33.0 Å². The molecule has 55 heavy (non-hydrogen) atoms. The van der Waals surface area contributed by atoms with Crippen LogP contribution >= 0.6 is 0 Å². The molecule has 0 radical (unpaired) electrons. The molecule has 0 fully saturated rings. The third-order valence-electron chi connectivity index (χ3n) is 9.19. The molecule has 0 aliphatic rings. The van der Waals surface area contributed by atoms with Gasteiger partial charge in [0, 0.05) is 12.8 Å². The Kier molecular flexibility index (Phi) is 53.0. The molecule has 0 aliphatic carbocycles. The monoisotopic (exact) mass is 791 g/mol. The van der Waals surface area contributed by atoms with Gasteiger partial charge >= 0.3 is 11.9 Å². The number of hydrogen-bond donors (Lipinski definition) is 6. The number of carbonyl (C=O) groups is 2. The van der Waals surface area contributed by atoms with Crippen LogP contribution in [0.25, 0.3) is 0 Å². The third kappa shape index (κ3) is 56.9. The summed E-state index contributed by atoms with van der Waals surface area (Å²) in [7, 11) is 0. The summed E-state index contributed by atoms with van der Waals surface area (Å²) < 4.78 is 9.72. The van der Waals surface area contributed by atoms with Crippen molar-refractivity contribution in [3.63, 3.8) is 0 Å². The Balaban J connectivity index is -0.000000874. The maximum Gasteiger partial charge on any atom is 0.305 e. The van der Waals surface area contributed by atoms with Gasteiger partial charge in [-0.3, -0.25) is 9.59 Å². The lowest BCUT2D eigenvalue weighted by Gasteiger charge is -2.08. The predicted octanol–water partition coefficient (Wildman–Crippen LogP) is 9.42. The van der Waals surface area contributed by atoms with Crippen molar-refractivity contribution in [1.82, 2.24) is 0 Å². The van der Waals surface area contributed by atoms with Gasteiger partial charge < -0.3 is 40.1 Å². The van der Waals surface area contributed by atoms with E-state index in [9.17, 15) is 9.59 Å². The summed E-state index contributed by atoms with van der Waals surface area (Å²) in [6.45, 7) is 4.95. The smallest absolute Gasteiger partial charge is 0.305 e. The summed E-state index contributed by atoms with van der Waals surface area (Å²) in [6, 6.07) is 0. The largest absolute Gasteiger partial charge is 0.463 e. The zero-order valence-electron chi connectivity index (χ0n) is 36.0. The Hall–Kier alpha value is -1.56. The second-order valence-corrected chi connectivity index (χ2v) is 15.1. The van der Waals surface area contributed by atoms with Crippen molar-refractivity contribution in [3.8, 4) is 0 Å². The van der Waals surface area contributed by atoms with Gasteiger partial charge in [-0.1, -0.05) is 167 Å². The number of rotatable bonds is 38. The second-order valence-electron chi connectivity index (χ2n) is 15.1. The molecule has 0 saturated carbocycles. The maximum absolute atomic E-state index is 11.4. The fourth-order valence-electron chi connectivity index (χ4n) is 5.61. The van der Waals surface area contributed by atoms with Crippen molar-refractivity contribution >= 4 is 11.9 Å². The van der Waals surface area contributed by atoms with Crippen LogP contribution in [0.3, 0.4) is 0 Å². The minimum atomic E-state index is -0.960. The van der Waals surface area contributed by atoms with Crippen LogP contribution in [0.5, 0.6) is 0 Å². The lowest BCUT2D eigenvalue weighted by Crippen LogP contribution is -2.21. The highest BCUT2D eigenvalue weighted by atomic mass is 16.5. The van der Waals surface area contributed by atoms with Crippen LogP contribution in [0.2, 0.25) is 0 Å². The molecule has 0 rings (SSSR count). The summed E-state index contributed by atoms with van der Waals surface area (Å²) >= 11 is 0. The molecule has 6 N–H and O–H groups in total. The number of allylic oxidation sites excluding steroid dienone is 2. The van der Waals surface area contributed by atoms with E-state index in [4.69, 9.17) is 40.1 Å². The van der Waals surface area contributed by atoms with Crippen molar-refractivity contribution in [1.29, 1.82) is 0 Å². The van der Waals surface area contributed by atoms with E-state index in [2.05, 4.69) is 26.0 Å². The molecule has 0 heterocycles. The average Bonchev–Trinajstić information content (AvgIpc) is 3.19. The molecule has 0 spiro atoms. The Bertz CT molecular complexity index is 777. The zero-order chi connectivity index (χ0) is 41.5. The van der Waals surface area contributed by atoms with Gasteiger partial charge in [0.05, 0.1) is 25.9 Å². The van der Waals surface area contributed by atoms with Gasteiger partial charge in [0.25, 0.3) is 0 Å². The van der Waals surface area contributed by atoms with Crippen molar-refractivity contribution in [2.24, 2.45) is 0 Å². The van der Waals surface area contributed by atoms with Crippen molar-refractivity contribution in [2.45, 2.75) is 232 Å². The Morgan fingerprint density at radius 3 is 0.945 bits per heavy atom. The van der Waals surface area contributed by atoms with Gasteiger partial charge in [-0.15, -0.1) is 0 Å². The lowest BCUT2D eigenvalue weighted by molar-refractivity contribution is -0.148. The first-order valence-electron chi connectivity index (χ1n) is 22.5. The fourth-order valence-corrected chi connectivity index (χ4v) is 5.61. The number of hydrogen-bond acceptors (Lipinski definition) is 10. The van der Waals surface area contributed by atoms with Gasteiger partial charge in [-0.05, 0) is 45.4 Å². The standard InChI is InChI=1S/C21H42O4.C21H40O4.C3H8O2/c2*1-2-3-4-5-6-7-8-9-10-11-12-13-14-15-16-17-21(24)25-19-20(23)18-22;1-3(5)2-4/h20,22-23H,2-19H2,1H3;9-10,20,22-23H,2-8,11-19H2,1H3;3-5H,2H2,1H3/b;10-9-;. The minimum Gasteiger partial charge on any atom is -0.463 e. The molecule has 0 aromatic carbocycles. The van der Waals surface area contributed by atoms with E-state index in [-0.39, 0.29) is 45.0 Å². The molecular formula is C45H90O10. The van der Waals surface area contributed by atoms with E-state index < -0.39 is 18.3 Å². The highest BCUT2D eigenvalue weighted by molar-refractivity contribution is 5.69. The number of aliphatic hydroxyl groups is 6. The highest BCUT2D eigenvalue weighted by Gasteiger charge is 2.08. The van der Waals surface area contributed by atoms with Crippen LogP contribution in [0, 0.1) is 0 Å². The maximum atomic E-state index is 11.4. The quantitative estimate of drug-likeness (QED) is 0.0201. The topological polar surface area (TPSA) is 174 Å². The van der Waals surface area contributed by atoms with Crippen LogP contribution in [-0.4, -0.2) is 93.9 Å². The van der Waals surface area contributed by atoms with Crippen molar-refractivity contribution < 1.29 is 49.7 Å². The Morgan fingerprint density at radius 2 is 0.691 bits per heavy atom. The number of aliphatic hydroxyl groups excluding tert-OH is 6. The van der Waals surface area contributed by atoms with E-state index in [0.717, 1.165) is 38.5 Å². The number of carbonyl (C=O) groups excluding carboxylic acids is 2. The molecule has 3 unspecified atom stereocenters. The summed E-state index contributed by atoms with van der Waals surface area (Å²) in [5, 5.41) is 51.4. The molecule has 330 valence electrons. The number of ether oxygens (including phenoxy) is 2. The summed E-state index contributed by atoms with van der Waals surface area (Å²) in [5.74, 6) is -0.563. The van der Waals surface area contributed by atoms with Crippen LogP contribution in [-0.2, 0) is 19.1 Å². The molecule has 0 aromatic heterocycles. The van der Waals surface area contributed by atoms with Gasteiger partial charge in [0.2, 0.25) is 0 Å². The molecule has 0 aliphatic heterocycles. The summed E-state index contributed by atoms with van der Waals surface area (Å²) in [5.41, 5.74) is 0. The molecule has 0 aromatic rings. The first kappa shape index (κ1) is 57.8. The van der Waals surface area contributed by atoms with Gasteiger partial charge in [-0.2, -0.15) is 0 Å². The normalized spacial score (nSPS) is 12.7.